The summed E-state index contributed by atoms with van der Waals surface area (Å²) in [5, 5.41) is 7.28. The first-order valence-electron chi connectivity index (χ1n) is 5.40. The van der Waals surface area contributed by atoms with Gasteiger partial charge < -0.3 is 14.7 Å². The molecule has 4 nitrogen and oxygen atoms in total. The van der Waals surface area contributed by atoms with Gasteiger partial charge in [-0.1, -0.05) is 35.5 Å². The summed E-state index contributed by atoms with van der Waals surface area (Å²) in [6.45, 7) is 2.76. The number of fused-ring (bicyclic) bond motifs is 1. The fraction of sp³-hybridized carbons (Fsp3) is 0.250. The lowest BCUT2D eigenvalue weighted by Gasteiger charge is -2.27. The van der Waals surface area contributed by atoms with E-state index in [1.54, 1.807) is 6.26 Å². The summed E-state index contributed by atoms with van der Waals surface area (Å²) in [7, 11) is 0. The van der Waals surface area contributed by atoms with Gasteiger partial charge in [-0.25, -0.2) is 0 Å². The predicted octanol–water partition coefficient (Wildman–Crippen LogP) is 2.11. The van der Waals surface area contributed by atoms with Gasteiger partial charge in [0.15, 0.2) is 5.82 Å². The highest BCUT2D eigenvalue weighted by Gasteiger charge is 2.19. The van der Waals surface area contributed by atoms with Crippen molar-refractivity contribution in [2.45, 2.75) is 6.54 Å². The van der Waals surface area contributed by atoms with Crippen LogP contribution in [0.5, 0.6) is 0 Å². The summed E-state index contributed by atoms with van der Waals surface area (Å²) in [5.74, 6) is 0.912. The fourth-order valence-corrected chi connectivity index (χ4v) is 1.97. The van der Waals surface area contributed by atoms with Crippen LogP contribution in [-0.2, 0) is 6.54 Å². The van der Waals surface area contributed by atoms with Crippen molar-refractivity contribution in [2.75, 3.05) is 23.3 Å². The topological polar surface area (TPSA) is 41.3 Å². The maximum Gasteiger partial charge on any atom is 0.195 e. The maximum atomic E-state index is 4.98. The molecule has 16 heavy (non-hydrogen) atoms. The lowest BCUT2D eigenvalue weighted by atomic mass is 10.2. The molecular formula is C12H13N3O. The van der Waals surface area contributed by atoms with Crippen molar-refractivity contribution in [1.29, 1.82) is 0 Å². The Bertz CT molecular complexity index is 466. The van der Waals surface area contributed by atoms with E-state index in [4.69, 9.17) is 4.52 Å². The number of hydrogen-bond acceptors (Lipinski definition) is 4. The van der Waals surface area contributed by atoms with Gasteiger partial charge in [0, 0.05) is 19.6 Å². The normalized spacial score (nSPS) is 14.4. The average molecular weight is 215 g/mol. The van der Waals surface area contributed by atoms with Gasteiger partial charge >= 0.3 is 0 Å². The molecule has 2 aromatic rings. The summed E-state index contributed by atoms with van der Waals surface area (Å²) >= 11 is 0. The van der Waals surface area contributed by atoms with E-state index >= 15 is 0 Å². The summed E-state index contributed by atoms with van der Waals surface area (Å²) in [4.78, 5) is 2.23. The molecule has 1 aromatic carbocycles. The van der Waals surface area contributed by atoms with Crippen LogP contribution in [0.1, 0.15) is 5.56 Å². The van der Waals surface area contributed by atoms with Crippen LogP contribution in [0.15, 0.2) is 41.1 Å². The van der Waals surface area contributed by atoms with Crippen LogP contribution in [0.2, 0.25) is 0 Å². The second-order valence-electron chi connectivity index (χ2n) is 3.89. The van der Waals surface area contributed by atoms with Gasteiger partial charge in [-0.05, 0) is 5.56 Å². The van der Waals surface area contributed by atoms with E-state index in [0.717, 1.165) is 31.1 Å². The lowest BCUT2D eigenvalue weighted by molar-refractivity contribution is 0.419. The molecule has 1 aliphatic heterocycles. The number of benzene rings is 1. The Morgan fingerprint density at radius 2 is 2.19 bits per heavy atom. The van der Waals surface area contributed by atoms with Gasteiger partial charge in [0.2, 0.25) is 0 Å². The molecule has 4 heteroatoms. The van der Waals surface area contributed by atoms with Crippen LogP contribution in [-0.4, -0.2) is 18.2 Å². The Morgan fingerprint density at radius 3 is 3.06 bits per heavy atom. The van der Waals surface area contributed by atoms with Crippen LogP contribution in [0.3, 0.4) is 0 Å². The Labute approximate surface area is 93.9 Å². The van der Waals surface area contributed by atoms with E-state index in [1.807, 2.05) is 6.07 Å². The first-order chi connectivity index (χ1) is 7.93. The maximum absolute atomic E-state index is 4.98. The summed E-state index contributed by atoms with van der Waals surface area (Å²) in [5.41, 5.74) is 2.28. The summed E-state index contributed by atoms with van der Waals surface area (Å²) in [6, 6.07) is 10.4. The smallest absolute Gasteiger partial charge is 0.195 e. The molecule has 0 bridgehead atoms. The lowest BCUT2D eigenvalue weighted by Crippen LogP contribution is -2.33. The van der Waals surface area contributed by atoms with Crippen LogP contribution in [0.4, 0.5) is 11.5 Å². The SMILES string of the molecule is c1ccc(CN2CCNc3conc32)cc1. The molecule has 0 radical (unpaired) electrons. The van der Waals surface area contributed by atoms with E-state index in [-0.39, 0.29) is 0 Å². The molecule has 0 aliphatic carbocycles. The third-order valence-electron chi connectivity index (χ3n) is 2.76. The Balaban J connectivity index is 1.83. The summed E-state index contributed by atoms with van der Waals surface area (Å²) in [6.07, 6.45) is 1.66. The zero-order valence-electron chi connectivity index (χ0n) is 8.89. The first-order valence-corrected chi connectivity index (χ1v) is 5.40. The molecule has 0 atom stereocenters. The minimum atomic E-state index is 0.877. The molecule has 0 unspecified atom stereocenters. The van der Waals surface area contributed by atoms with Crippen molar-refractivity contribution >= 4 is 11.5 Å². The minimum Gasteiger partial charge on any atom is -0.378 e. The molecule has 0 amide bonds. The quantitative estimate of drug-likeness (QED) is 0.833. The van der Waals surface area contributed by atoms with Crippen LogP contribution < -0.4 is 10.2 Å². The molecule has 0 fully saturated rings. The molecule has 2 heterocycles. The Morgan fingerprint density at radius 1 is 1.31 bits per heavy atom. The average Bonchev–Trinajstić information content (AvgIpc) is 2.80. The largest absolute Gasteiger partial charge is 0.378 e. The molecule has 1 aliphatic rings. The number of anilines is 2. The first kappa shape index (κ1) is 9.27. The van der Waals surface area contributed by atoms with Crippen LogP contribution in [0, 0.1) is 0 Å². The summed E-state index contributed by atoms with van der Waals surface area (Å²) < 4.78 is 4.98. The van der Waals surface area contributed by atoms with Gasteiger partial charge in [0.25, 0.3) is 0 Å². The second kappa shape index (κ2) is 3.89. The van der Waals surface area contributed by atoms with E-state index in [9.17, 15) is 0 Å². The van der Waals surface area contributed by atoms with Crippen LogP contribution in [0.25, 0.3) is 0 Å². The highest BCUT2D eigenvalue weighted by Crippen LogP contribution is 2.27. The van der Waals surface area contributed by atoms with E-state index in [1.165, 1.54) is 5.56 Å². The molecular weight excluding hydrogens is 202 g/mol. The van der Waals surface area contributed by atoms with E-state index in [2.05, 4.69) is 39.6 Å². The Hall–Kier alpha value is -1.97. The van der Waals surface area contributed by atoms with Gasteiger partial charge in [-0.15, -0.1) is 0 Å². The highest BCUT2D eigenvalue weighted by atomic mass is 16.5. The van der Waals surface area contributed by atoms with Crippen molar-refractivity contribution in [3.63, 3.8) is 0 Å². The third-order valence-corrected chi connectivity index (χ3v) is 2.76. The van der Waals surface area contributed by atoms with Gasteiger partial charge in [-0.2, -0.15) is 0 Å². The predicted molar refractivity (Wildman–Crippen MR) is 62.5 cm³/mol. The third kappa shape index (κ3) is 1.62. The molecule has 0 spiro atoms. The number of hydrogen-bond donors (Lipinski definition) is 1. The number of rotatable bonds is 2. The van der Waals surface area contributed by atoms with Gasteiger partial charge in [0.05, 0.1) is 0 Å². The van der Waals surface area contributed by atoms with Crippen molar-refractivity contribution in [2.24, 2.45) is 0 Å². The van der Waals surface area contributed by atoms with E-state index < -0.39 is 0 Å². The molecule has 0 saturated heterocycles. The standard InChI is InChI=1S/C12H13N3O/c1-2-4-10(5-3-1)8-15-7-6-13-11-9-16-14-12(11)15/h1-5,9,13H,6-8H2. The molecule has 1 N–H and O–H groups in total. The fourth-order valence-electron chi connectivity index (χ4n) is 1.97. The van der Waals surface area contributed by atoms with Crippen molar-refractivity contribution in [3.8, 4) is 0 Å². The number of nitrogens with zero attached hydrogens (tertiary/aromatic N) is 2. The van der Waals surface area contributed by atoms with Gasteiger partial charge in [-0.3, -0.25) is 0 Å². The Kier molecular flexibility index (Phi) is 2.25. The molecule has 3 rings (SSSR count). The molecule has 82 valence electrons. The molecule has 0 saturated carbocycles. The molecule has 1 aromatic heterocycles. The van der Waals surface area contributed by atoms with Crippen molar-refractivity contribution < 1.29 is 4.52 Å². The second-order valence-corrected chi connectivity index (χ2v) is 3.89. The zero-order valence-corrected chi connectivity index (χ0v) is 8.89. The van der Waals surface area contributed by atoms with Crippen molar-refractivity contribution in [3.05, 3.63) is 42.2 Å². The van der Waals surface area contributed by atoms with Gasteiger partial charge in [0.1, 0.15) is 12.0 Å². The zero-order chi connectivity index (χ0) is 10.8. The number of nitrogens with one attached hydrogen (secondary N) is 1. The number of aromatic nitrogens is 1. The van der Waals surface area contributed by atoms with E-state index in [0.29, 0.717) is 0 Å². The highest BCUT2D eigenvalue weighted by molar-refractivity contribution is 5.66. The van der Waals surface area contributed by atoms with Crippen molar-refractivity contribution in [1.82, 2.24) is 5.16 Å². The monoisotopic (exact) mass is 215 g/mol. The van der Waals surface area contributed by atoms with Crippen LogP contribution >= 0.6 is 0 Å². The minimum absolute atomic E-state index is 0.877.